The minimum atomic E-state index is -2.27. The molecular formula is C29H30N+. The predicted molar refractivity (Wildman–Crippen MR) is 127 cm³/mol. The average molecular weight is 397 g/mol. The topological polar surface area (TPSA) is 3.88 Å². The van der Waals surface area contributed by atoms with E-state index in [4.69, 9.17) is 5.48 Å². The molecule has 0 unspecified atom stereocenters. The molecular weight excluding hydrogens is 362 g/mol. The molecule has 0 atom stereocenters. The maximum atomic E-state index is 8.68. The number of pyridine rings is 1. The van der Waals surface area contributed by atoms with Crippen LogP contribution in [-0.4, -0.2) is 0 Å². The van der Waals surface area contributed by atoms with Crippen LogP contribution < -0.4 is 4.57 Å². The third-order valence-electron chi connectivity index (χ3n) is 6.50. The molecule has 1 aliphatic carbocycles. The molecule has 1 heteroatoms. The predicted octanol–water partition coefficient (Wildman–Crippen LogP) is 6.84. The van der Waals surface area contributed by atoms with Crippen molar-refractivity contribution in [2.75, 3.05) is 0 Å². The van der Waals surface area contributed by atoms with Gasteiger partial charge in [-0.3, -0.25) is 0 Å². The van der Waals surface area contributed by atoms with E-state index in [2.05, 4.69) is 55.5 Å². The summed E-state index contributed by atoms with van der Waals surface area (Å²) < 4.78 is 34.7. The van der Waals surface area contributed by atoms with Crippen molar-refractivity contribution < 1.29 is 10.1 Å². The average Bonchev–Trinajstić information content (AvgIpc) is 2.76. The van der Waals surface area contributed by atoms with Crippen LogP contribution in [0.3, 0.4) is 0 Å². The van der Waals surface area contributed by atoms with Gasteiger partial charge in [0.1, 0.15) is 7.05 Å². The summed E-state index contributed by atoms with van der Waals surface area (Å²) >= 11 is 0. The molecule has 0 amide bonds. The summed E-state index contributed by atoms with van der Waals surface area (Å²) in [6.45, 7) is 3.37. The summed E-state index contributed by atoms with van der Waals surface area (Å²) in [5.41, 5.74) is 9.28. The Labute approximate surface area is 185 Å². The lowest BCUT2D eigenvalue weighted by molar-refractivity contribution is -0.660. The first-order valence-electron chi connectivity index (χ1n) is 12.6. The number of aryl methyl sites for hydroxylation is 4. The summed E-state index contributed by atoms with van der Waals surface area (Å²) in [6.07, 6.45) is 3.60. The maximum Gasteiger partial charge on any atom is 0.213 e. The summed E-state index contributed by atoms with van der Waals surface area (Å²) in [4.78, 5) is 0. The van der Waals surface area contributed by atoms with Crippen molar-refractivity contribution in [2.24, 2.45) is 7.05 Å². The number of rotatable bonds is 2. The summed E-state index contributed by atoms with van der Waals surface area (Å²) in [5, 5.41) is 2.51. The first-order chi connectivity index (χ1) is 15.9. The zero-order valence-corrected chi connectivity index (χ0v) is 18.1. The van der Waals surface area contributed by atoms with E-state index in [0.717, 1.165) is 29.7 Å². The molecule has 0 saturated carbocycles. The van der Waals surface area contributed by atoms with Crippen molar-refractivity contribution in [3.05, 3.63) is 88.6 Å². The number of fused-ring (bicyclic) bond motifs is 4. The van der Waals surface area contributed by atoms with Crippen molar-refractivity contribution in [2.45, 2.75) is 46.4 Å². The van der Waals surface area contributed by atoms with E-state index < -0.39 is 12.7 Å². The van der Waals surface area contributed by atoms with Crippen molar-refractivity contribution in [3.8, 4) is 22.4 Å². The third-order valence-corrected chi connectivity index (χ3v) is 6.50. The number of benzene rings is 3. The number of nitrogens with zero attached hydrogens (tertiary/aromatic N) is 1. The highest BCUT2D eigenvalue weighted by molar-refractivity contribution is 5.92. The smallest absolute Gasteiger partial charge is 0.201 e. The fourth-order valence-electron chi connectivity index (χ4n) is 4.95. The first-order valence-corrected chi connectivity index (χ1v) is 10.6. The summed E-state index contributed by atoms with van der Waals surface area (Å²) in [5.74, 6) is -1.03. The lowest BCUT2D eigenvalue weighted by atomic mass is 9.80. The van der Waals surface area contributed by atoms with E-state index in [9.17, 15) is 0 Å². The first kappa shape index (κ1) is 15.0. The van der Waals surface area contributed by atoms with Crippen molar-refractivity contribution >= 4 is 10.8 Å². The third kappa shape index (κ3) is 2.96. The fourth-order valence-corrected chi connectivity index (χ4v) is 4.95. The highest BCUT2D eigenvalue weighted by Gasteiger charge is 2.26. The van der Waals surface area contributed by atoms with Crippen molar-refractivity contribution in [1.29, 1.82) is 0 Å². The molecule has 0 bridgehead atoms. The highest BCUT2D eigenvalue weighted by atomic mass is 14.9. The zero-order chi connectivity index (χ0) is 24.4. The molecule has 0 aliphatic heterocycles. The number of hydrogen-bond acceptors (Lipinski definition) is 0. The molecule has 1 aromatic heterocycles. The second-order valence-electron chi connectivity index (χ2n) is 8.74. The van der Waals surface area contributed by atoms with Gasteiger partial charge in [0.15, 0.2) is 6.20 Å². The van der Waals surface area contributed by atoms with Gasteiger partial charge in [0, 0.05) is 17.1 Å². The Bertz CT molecular complexity index is 1440. The van der Waals surface area contributed by atoms with Gasteiger partial charge in [-0.2, -0.15) is 0 Å². The van der Waals surface area contributed by atoms with Crippen LogP contribution in [0, 0.1) is 13.8 Å². The van der Waals surface area contributed by atoms with Crippen molar-refractivity contribution in [3.63, 3.8) is 0 Å². The molecule has 0 fully saturated rings. The van der Waals surface area contributed by atoms with E-state index in [1.807, 2.05) is 17.7 Å². The van der Waals surface area contributed by atoms with Crippen molar-refractivity contribution in [1.82, 2.24) is 0 Å². The van der Waals surface area contributed by atoms with Crippen LogP contribution >= 0.6 is 0 Å². The van der Waals surface area contributed by atoms with Gasteiger partial charge in [0.2, 0.25) is 5.69 Å². The second-order valence-corrected chi connectivity index (χ2v) is 8.74. The van der Waals surface area contributed by atoms with Crippen LogP contribution in [0.1, 0.15) is 53.0 Å². The molecule has 0 spiro atoms. The molecule has 150 valence electrons. The molecule has 30 heavy (non-hydrogen) atoms. The Hall–Kier alpha value is -2.93. The molecule has 0 radical (unpaired) electrons. The monoisotopic (exact) mass is 396 g/mol. The van der Waals surface area contributed by atoms with Crippen LogP contribution in [0.5, 0.6) is 0 Å². The largest absolute Gasteiger partial charge is 0.213 e. The molecule has 3 aromatic carbocycles. The molecule has 0 N–H and O–H groups in total. The van der Waals surface area contributed by atoms with E-state index in [-0.39, 0.29) is 5.56 Å². The van der Waals surface area contributed by atoms with E-state index in [1.54, 1.807) is 20.0 Å². The van der Waals surface area contributed by atoms with Gasteiger partial charge in [0.05, 0.1) is 5.56 Å². The Morgan fingerprint density at radius 1 is 0.933 bits per heavy atom. The van der Waals surface area contributed by atoms with Gasteiger partial charge in [-0.1, -0.05) is 56.3 Å². The van der Waals surface area contributed by atoms with E-state index >= 15 is 0 Å². The van der Waals surface area contributed by atoms with Crippen LogP contribution in [-0.2, 0) is 19.9 Å². The highest BCUT2D eigenvalue weighted by Crippen LogP contribution is 2.41. The molecule has 1 nitrogen and oxygen atoms in total. The van der Waals surface area contributed by atoms with Gasteiger partial charge in [0.25, 0.3) is 0 Å². The molecule has 4 aromatic rings. The van der Waals surface area contributed by atoms with Gasteiger partial charge in [-0.25, -0.2) is 4.57 Å². The molecule has 1 heterocycles. The van der Waals surface area contributed by atoms with Crippen LogP contribution in [0.2, 0.25) is 0 Å². The van der Waals surface area contributed by atoms with Gasteiger partial charge in [-0.05, 0) is 82.7 Å². The SMILES string of the molecule is [2H]C([2H])([2H])c1c[n+](C)c(-c2c(C)ccc3c2CCc2cc4ccccc4cc2-3)cc1C([2H])(C)C. The zero-order valence-electron chi connectivity index (χ0n) is 22.1. The second kappa shape index (κ2) is 7.09. The van der Waals surface area contributed by atoms with E-state index in [0.29, 0.717) is 5.56 Å². The van der Waals surface area contributed by atoms with Crippen LogP contribution in [0.25, 0.3) is 33.2 Å². The molecule has 5 rings (SSSR count). The normalized spacial score (nSPS) is 15.6. The maximum absolute atomic E-state index is 8.68. The minimum absolute atomic E-state index is 0.248. The number of aromatic nitrogens is 1. The Kier molecular flexibility index (Phi) is 3.54. The standard InChI is InChI=1S/C29H30N/c1-18(2)26-16-28(30(5)17-20(26)4)29-19(3)10-12-24-25(29)13-11-23-14-21-8-6-7-9-22(21)15-27(23)24/h6-10,12,14-18H,11,13H2,1-5H3/q+1/i4D3,18D. The van der Waals surface area contributed by atoms with Gasteiger partial charge < -0.3 is 0 Å². The summed E-state index contributed by atoms with van der Waals surface area (Å²) in [6, 6.07) is 19.5. The lowest BCUT2D eigenvalue weighted by Gasteiger charge is -2.24. The van der Waals surface area contributed by atoms with Gasteiger partial charge >= 0.3 is 0 Å². The van der Waals surface area contributed by atoms with Crippen LogP contribution in [0.15, 0.2) is 60.8 Å². The Morgan fingerprint density at radius 2 is 1.70 bits per heavy atom. The van der Waals surface area contributed by atoms with Gasteiger partial charge in [-0.15, -0.1) is 0 Å². The Morgan fingerprint density at radius 3 is 2.43 bits per heavy atom. The quantitative estimate of drug-likeness (QED) is 0.327. The fraction of sp³-hybridized carbons (Fsp3) is 0.276. The minimum Gasteiger partial charge on any atom is -0.201 e. The Balaban J connectivity index is 1.77. The molecule has 0 saturated heterocycles. The number of hydrogen-bond donors (Lipinski definition) is 0. The lowest BCUT2D eigenvalue weighted by Crippen LogP contribution is -2.32. The van der Waals surface area contributed by atoms with E-state index in [1.165, 1.54) is 33.0 Å². The van der Waals surface area contributed by atoms with Crippen LogP contribution in [0.4, 0.5) is 0 Å². The molecule has 1 aliphatic rings. The summed E-state index contributed by atoms with van der Waals surface area (Å²) in [7, 11) is 1.91.